The van der Waals surface area contributed by atoms with Crippen LogP contribution in [0.2, 0.25) is 0 Å². The fraction of sp³-hybridized carbons (Fsp3) is 0.333. The number of hydrogen-bond acceptors (Lipinski definition) is 8. The lowest BCUT2D eigenvalue weighted by molar-refractivity contribution is 0.0600. The number of methoxy groups -OCH3 is 1. The average Bonchev–Trinajstić information content (AvgIpc) is 2.99. The van der Waals surface area contributed by atoms with Crippen molar-refractivity contribution < 1.29 is 27.1 Å². The molecule has 10 heteroatoms. The number of ether oxygens (including phenoxy) is 2. The molecule has 2 aromatic rings. The van der Waals surface area contributed by atoms with Crippen LogP contribution in [0.4, 0.5) is 0 Å². The topological polar surface area (TPSA) is 103 Å². The number of carbonyl (C=O) groups excluding carboxylic acids is 1. The van der Waals surface area contributed by atoms with Crippen LogP contribution in [0.5, 0.6) is 5.75 Å². The van der Waals surface area contributed by atoms with Crippen molar-refractivity contribution in [2.24, 2.45) is 0 Å². The van der Waals surface area contributed by atoms with Gasteiger partial charge in [-0.3, -0.25) is 0 Å². The van der Waals surface area contributed by atoms with Gasteiger partial charge in [0.2, 0.25) is 10.0 Å². The SMILES string of the molecule is COC(=O)c1sccc1S(=O)(=O)N1CC(Oc2cc(C)oc(=O)c2)C1. The van der Waals surface area contributed by atoms with E-state index < -0.39 is 21.6 Å². The summed E-state index contributed by atoms with van der Waals surface area (Å²) in [5.41, 5.74) is -0.528. The van der Waals surface area contributed by atoms with E-state index in [9.17, 15) is 18.0 Å². The molecule has 0 atom stereocenters. The lowest BCUT2D eigenvalue weighted by Crippen LogP contribution is -2.56. The fourth-order valence-electron chi connectivity index (χ4n) is 2.39. The zero-order chi connectivity index (χ0) is 18.2. The highest BCUT2D eigenvalue weighted by Crippen LogP contribution is 2.29. The molecule has 0 unspecified atom stereocenters. The predicted molar refractivity (Wildman–Crippen MR) is 88.5 cm³/mol. The van der Waals surface area contributed by atoms with E-state index in [1.807, 2.05) is 0 Å². The minimum atomic E-state index is -3.80. The number of thiophene rings is 1. The van der Waals surface area contributed by atoms with Crippen molar-refractivity contribution in [2.75, 3.05) is 20.2 Å². The zero-order valence-corrected chi connectivity index (χ0v) is 15.1. The van der Waals surface area contributed by atoms with E-state index in [4.69, 9.17) is 9.15 Å². The smallest absolute Gasteiger partial charge is 0.349 e. The molecule has 3 rings (SSSR count). The lowest BCUT2D eigenvalue weighted by Gasteiger charge is -2.37. The van der Waals surface area contributed by atoms with Gasteiger partial charge in [-0.25, -0.2) is 18.0 Å². The predicted octanol–water partition coefficient (Wildman–Crippen LogP) is 1.25. The molecule has 3 heterocycles. The Kier molecular flexibility index (Phi) is 4.67. The largest absolute Gasteiger partial charge is 0.487 e. The summed E-state index contributed by atoms with van der Waals surface area (Å²) in [6.07, 6.45) is -0.379. The highest BCUT2D eigenvalue weighted by molar-refractivity contribution is 7.89. The number of nitrogens with zero attached hydrogens (tertiary/aromatic N) is 1. The second kappa shape index (κ2) is 6.62. The summed E-state index contributed by atoms with van der Waals surface area (Å²) >= 11 is 1.01. The first-order chi connectivity index (χ1) is 11.8. The van der Waals surface area contributed by atoms with Crippen molar-refractivity contribution in [3.8, 4) is 5.75 Å². The van der Waals surface area contributed by atoms with Crippen molar-refractivity contribution in [1.82, 2.24) is 4.31 Å². The van der Waals surface area contributed by atoms with E-state index in [0.29, 0.717) is 11.5 Å². The van der Waals surface area contributed by atoms with Crippen LogP contribution in [0, 0.1) is 6.92 Å². The molecule has 1 saturated heterocycles. The lowest BCUT2D eigenvalue weighted by atomic mass is 10.2. The maximum Gasteiger partial charge on any atom is 0.349 e. The monoisotopic (exact) mass is 385 g/mol. The van der Waals surface area contributed by atoms with E-state index in [1.165, 1.54) is 28.9 Å². The van der Waals surface area contributed by atoms with Gasteiger partial charge in [-0.1, -0.05) is 0 Å². The highest BCUT2D eigenvalue weighted by atomic mass is 32.2. The van der Waals surface area contributed by atoms with Gasteiger partial charge in [-0.15, -0.1) is 11.3 Å². The van der Waals surface area contributed by atoms with E-state index in [-0.39, 0.29) is 29.0 Å². The molecule has 1 aliphatic rings. The van der Waals surface area contributed by atoms with Gasteiger partial charge in [0.1, 0.15) is 27.4 Å². The van der Waals surface area contributed by atoms with Crippen molar-refractivity contribution in [1.29, 1.82) is 0 Å². The molecule has 0 bridgehead atoms. The van der Waals surface area contributed by atoms with Gasteiger partial charge in [0.15, 0.2) is 0 Å². The Labute approximate surface area is 147 Å². The Morgan fingerprint density at radius 3 is 2.72 bits per heavy atom. The van der Waals surface area contributed by atoms with E-state index in [0.717, 1.165) is 11.3 Å². The molecular weight excluding hydrogens is 370 g/mol. The van der Waals surface area contributed by atoms with Crippen molar-refractivity contribution >= 4 is 27.3 Å². The second-order valence-corrected chi connectivity index (χ2v) is 8.21. The number of carbonyl (C=O) groups is 1. The molecule has 0 amide bonds. The molecule has 0 N–H and O–H groups in total. The van der Waals surface area contributed by atoms with Crippen LogP contribution in [0.3, 0.4) is 0 Å². The van der Waals surface area contributed by atoms with Gasteiger partial charge in [0, 0.05) is 6.07 Å². The van der Waals surface area contributed by atoms with Crippen LogP contribution in [0.1, 0.15) is 15.4 Å². The van der Waals surface area contributed by atoms with E-state index in [1.54, 1.807) is 13.0 Å². The molecule has 0 spiro atoms. The molecule has 0 radical (unpaired) electrons. The quantitative estimate of drug-likeness (QED) is 0.714. The van der Waals surface area contributed by atoms with Crippen LogP contribution < -0.4 is 10.4 Å². The third-order valence-corrected chi connectivity index (χ3v) is 6.50. The minimum Gasteiger partial charge on any atom is -0.487 e. The highest BCUT2D eigenvalue weighted by Gasteiger charge is 2.40. The Morgan fingerprint density at radius 2 is 2.08 bits per heavy atom. The molecule has 0 aromatic carbocycles. The molecule has 0 aliphatic carbocycles. The third-order valence-electron chi connectivity index (χ3n) is 3.60. The summed E-state index contributed by atoms with van der Waals surface area (Å²) in [5.74, 6) is 0.0576. The summed E-state index contributed by atoms with van der Waals surface area (Å²) in [6.45, 7) is 1.87. The van der Waals surface area contributed by atoms with Gasteiger partial charge in [-0.2, -0.15) is 4.31 Å². The minimum absolute atomic E-state index is 0.0446. The first-order valence-electron chi connectivity index (χ1n) is 7.25. The Morgan fingerprint density at radius 1 is 1.36 bits per heavy atom. The molecule has 1 fully saturated rings. The van der Waals surface area contributed by atoms with Crippen LogP contribution in [0.15, 0.2) is 37.7 Å². The van der Waals surface area contributed by atoms with E-state index >= 15 is 0 Å². The van der Waals surface area contributed by atoms with Crippen LogP contribution in [-0.2, 0) is 14.8 Å². The summed E-state index contributed by atoms with van der Waals surface area (Å²) in [4.78, 5) is 23.0. The van der Waals surface area contributed by atoms with Crippen LogP contribution in [0.25, 0.3) is 0 Å². The molecule has 134 valence electrons. The Hall–Kier alpha value is -2.17. The number of esters is 1. The normalized spacial score (nSPS) is 15.6. The Balaban J connectivity index is 1.70. The van der Waals surface area contributed by atoms with Crippen LogP contribution in [-0.4, -0.2) is 45.0 Å². The second-order valence-electron chi connectivity index (χ2n) is 5.39. The number of aryl methyl sites for hydroxylation is 1. The average molecular weight is 385 g/mol. The maximum absolute atomic E-state index is 12.6. The number of hydrogen-bond donors (Lipinski definition) is 0. The summed E-state index contributed by atoms with van der Waals surface area (Å²) < 4.78 is 41.5. The van der Waals surface area contributed by atoms with Gasteiger partial charge in [0.25, 0.3) is 0 Å². The summed E-state index contributed by atoms with van der Waals surface area (Å²) in [6, 6.07) is 4.15. The summed E-state index contributed by atoms with van der Waals surface area (Å²) in [5, 5.41) is 1.53. The molecule has 0 saturated carbocycles. The van der Waals surface area contributed by atoms with E-state index in [2.05, 4.69) is 4.74 Å². The molecular formula is C15H15NO7S2. The molecule has 25 heavy (non-hydrogen) atoms. The van der Waals surface area contributed by atoms with Gasteiger partial charge < -0.3 is 13.9 Å². The Bertz CT molecular complexity index is 954. The van der Waals surface area contributed by atoms with Gasteiger partial charge in [0.05, 0.1) is 26.3 Å². The molecule has 2 aromatic heterocycles. The van der Waals surface area contributed by atoms with Gasteiger partial charge in [-0.05, 0) is 18.4 Å². The fourth-order valence-corrected chi connectivity index (χ4v) is 5.20. The number of rotatable bonds is 5. The van der Waals surface area contributed by atoms with Crippen molar-refractivity contribution in [3.05, 3.63) is 44.6 Å². The summed E-state index contributed by atoms with van der Waals surface area (Å²) in [7, 11) is -2.60. The number of sulfonamides is 1. The third kappa shape index (κ3) is 3.46. The van der Waals surface area contributed by atoms with Crippen LogP contribution >= 0.6 is 11.3 Å². The standard InChI is InChI=1S/C15H15NO7S2/c1-9-5-10(6-13(17)22-9)23-11-7-16(8-11)25(19,20)12-3-4-24-14(12)15(18)21-2/h3-6,11H,7-8H2,1-2H3. The van der Waals surface area contributed by atoms with Gasteiger partial charge >= 0.3 is 11.6 Å². The first-order valence-corrected chi connectivity index (χ1v) is 9.57. The van der Waals surface area contributed by atoms with Crippen molar-refractivity contribution in [2.45, 2.75) is 17.9 Å². The zero-order valence-electron chi connectivity index (χ0n) is 13.4. The van der Waals surface area contributed by atoms with Crippen molar-refractivity contribution in [3.63, 3.8) is 0 Å². The first kappa shape index (κ1) is 17.6. The maximum atomic E-state index is 12.6. The molecule has 1 aliphatic heterocycles. The molecule has 8 nitrogen and oxygen atoms in total.